The summed E-state index contributed by atoms with van der Waals surface area (Å²) >= 11 is 0. The maximum Gasteiger partial charge on any atom is 0.225 e. The van der Waals surface area contributed by atoms with Gasteiger partial charge in [-0.25, -0.2) is 4.99 Å². The zero-order chi connectivity index (χ0) is 22.1. The molecule has 1 saturated heterocycles. The van der Waals surface area contributed by atoms with Crippen molar-refractivity contribution in [3.05, 3.63) is 35.4 Å². The zero-order valence-electron chi connectivity index (χ0n) is 20.1. The summed E-state index contributed by atoms with van der Waals surface area (Å²) in [4.78, 5) is 22.1. The number of likely N-dealkylation sites (tertiary alicyclic amines) is 1. The fourth-order valence-electron chi connectivity index (χ4n) is 4.74. The monoisotopic (exact) mass is 555 g/mol. The van der Waals surface area contributed by atoms with Gasteiger partial charge in [0.1, 0.15) is 0 Å². The number of carbonyl (C=O) groups excluding carboxylic acids is 1. The van der Waals surface area contributed by atoms with E-state index in [1.165, 1.54) is 24.0 Å². The van der Waals surface area contributed by atoms with Crippen molar-refractivity contribution in [2.75, 3.05) is 32.7 Å². The first-order chi connectivity index (χ1) is 15.1. The Morgan fingerprint density at radius 2 is 1.78 bits per heavy atom. The quantitative estimate of drug-likeness (QED) is 0.275. The molecule has 6 nitrogen and oxygen atoms in total. The lowest BCUT2D eigenvalue weighted by atomic mass is 10.1. The molecule has 1 aromatic carbocycles. The molecule has 1 heterocycles. The van der Waals surface area contributed by atoms with Gasteiger partial charge in [0.2, 0.25) is 5.91 Å². The van der Waals surface area contributed by atoms with Crippen molar-refractivity contribution < 1.29 is 4.79 Å². The first-order valence-corrected chi connectivity index (χ1v) is 12.3. The lowest BCUT2D eigenvalue weighted by molar-refractivity contribution is -0.134. The summed E-state index contributed by atoms with van der Waals surface area (Å²) in [6.45, 7) is 12.7. The highest BCUT2D eigenvalue weighted by Gasteiger charge is 2.32. The van der Waals surface area contributed by atoms with Crippen LogP contribution in [0, 0.1) is 5.92 Å². The van der Waals surface area contributed by atoms with Crippen LogP contribution in [0.1, 0.15) is 64.0 Å². The van der Waals surface area contributed by atoms with Crippen LogP contribution in [-0.2, 0) is 17.9 Å². The van der Waals surface area contributed by atoms with Crippen molar-refractivity contribution >= 4 is 35.8 Å². The molecule has 0 radical (unpaired) electrons. The van der Waals surface area contributed by atoms with Crippen molar-refractivity contribution in [2.24, 2.45) is 10.9 Å². The average molecular weight is 556 g/mol. The van der Waals surface area contributed by atoms with Crippen molar-refractivity contribution in [2.45, 2.75) is 72.0 Å². The van der Waals surface area contributed by atoms with Crippen molar-refractivity contribution in [3.63, 3.8) is 0 Å². The molecule has 32 heavy (non-hydrogen) atoms. The van der Waals surface area contributed by atoms with E-state index in [0.29, 0.717) is 12.5 Å². The number of carbonyl (C=O) groups is 1. The van der Waals surface area contributed by atoms with Gasteiger partial charge in [-0.05, 0) is 50.4 Å². The highest BCUT2D eigenvalue weighted by Crippen LogP contribution is 2.27. The topological polar surface area (TPSA) is 60.0 Å². The number of halogens is 1. The molecule has 1 unspecified atom stereocenters. The van der Waals surface area contributed by atoms with Gasteiger partial charge >= 0.3 is 0 Å². The van der Waals surface area contributed by atoms with Gasteiger partial charge in [0, 0.05) is 38.1 Å². The molecule has 1 amide bonds. The van der Waals surface area contributed by atoms with Gasteiger partial charge in [0.15, 0.2) is 5.96 Å². The highest BCUT2D eigenvalue weighted by molar-refractivity contribution is 14.0. The van der Waals surface area contributed by atoms with Crippen molar-refractivity contribution in [1.29, 1.82) is 0 Å². The second-order valence-electron chi connectivity index (χ2n) is 8.82. The third kappa shape index (κ3) is 7.61. The predicted molar refractivity (Wildman–Crippen MR) is 143 cm³/mol. The minimum atomic E-state index is 0. The van der Waals surface area contributed by atoms with Crippen LogP contribution in [0.25, 0.3) is 0 Å². The SMILES string of the molecule is CCNC(=NCc1ccccc1CN(CC)CC)NC1CCN(C(=O)C2CCCC2)C1.I. The van der Waals surface area contributed by atoms with Crippen molar-refractivity contribution in [3.8, 4) is 0 Å². The lowest BCUT2D eigenvalue weighted by Gasteiger charge is -2.22. The number of rotatable bonds is 9. The smallest absolute Gasteiger partial charge is 0.225 e. The Labute approximate surface area is 211 Å². The molecule has 1 aliphatic carbocycles. The number of aliphatic imine (C=N–C) groups is 1. The summed E-state index contributed by atoms with van der Waals surface area (Å²) in [5.74, 6) is 1.48. The fourth-order valence-corrected chi connectivity index (χ4v) is 4.74. The Bertz CT molecular complexity index is 731. The summed E-state index contributed by atoms with van der Waals surface area (Å²) in [5.41, 5.74) is 2.62. The van der Waals surface area contributed by atoms with Gasteiger partial charge in [-0.15, -0.1) is 24.0 Å². The zero-order valence-corrected chi connectivity index (χ0v) is 22.4. The standard InChI is InChI=1S/C25H41N5O.HI/c1-4-26-25(27-17-21-13-9-10-14-22(21)18-29(5-2)6-3)28-23-15-16-30(19-23)24(31)20-11-7-8-12-20;/h9-10,13-14,20,23H,4-8,11-12,15-19H2,1-3H3,(H2,26,27,28);1H. The molecule has 0 aromatic heterocycles. The number of hydrogen-bond acceptors (Lipinski definition) is 3. The van der Waals surface area contributed by atoms with Crippen LogP contribution in [0.5, 0.6) is 0 Å². The minimum Gasteiger partial charge on any atom is -0.357 e. The van der Waals surface area contributed by atoms with Gasteiger partial charge in [-0.1, -0.05) is 51.0 Å². The molecule has 7 heteroatoms. The Balaban J connectivity index is 0.00000363. The summed E-state index contributed by atoms with van der Waals surface area (Å²) in [6.07, 6.45) is 5.55. The van der Waals surface area contributed by atoms with Crippen LogP contribution in [-0.4, -0.2) is 60.4 Å². The molecule has 3 rings (SSSR count). The number of nitrogens with one attached hydrogen (secondary N) is 2. The molecule has 1 aromatic rings. The molecular formula is C25H42IN5O. The van der Waals surface area contributed by atoms with Gasteiger partial charge in [-0.2, -0.15) is 0 Å². The Morgan fingerprint density at radius 1 is 1.09 bits per heavy atom. The third-order valence-electron chi connectivity index (χ3n) is 6.70. The molecular weight excluding hydrogens is 513 g/mol. The summed E-state index contributed by atoms with van der Waals surface area (Å²) in [7, 11) is 0. The molecule has 1 atom stereocenters. The van der Waals surface area contributed by atoms with E-state index >= 15 is 0 Å². The minimum absolute atomic E-state index is 0. The Kier molecular flexibility index (Phi) is 11.8. The normalized spacial score (nSPS) is 19.3. The molecule has 2 fully saturated rings. The molecule has 180 valence electrons. The first-order valence-electron chi connectivity index (χ1n) is 12.3. The van der Waals surface area contributed by atoms with E-state index in [0.717, 1.165) is 64.5 Å². The molecule has 2 N–H and O–H groups in total. The fraction of sp³-hybridized carbons (Fsp3) is 0.680. The van der Waals surface area contributed by atoms with Crippen LogP contribution in [0.15, 0.2) is 29.3 Å². The average Bonchev–Trinajstić information content (AvgIpc) is 3.49. The second kappa shape index (κ2) is 14.0. The van der Waals surface area contributed by atoms with Gasteiger partial charge < -0.3 is 15.5 Å². The summed E-state index contributed by atoms with van der Waals surface area (Å²) in [5, 5.41) is 6.97. The van der Waals surface area contributed by atoms with E-state index in [1.54, 1.807) is 0 Å². The van der Waals surface area contributed by atoms with E-state index in [2.05, 4.69) is 65.5 Å². The van der Waals surface area contributed by atoms with Crippen LogP contribution < -0.4 is 10.6 Å². The number of nitrogens with zero attached hydrogens (tertiary/aromatic N) is 3. The molecule has 1 saturated carbocycles. The lowest BCUT2D eigenvalue weighted by Crippen LogP contribution is -2.45. The maximum atomic E-state index is 12.7. The molecule has 1 aliphatic heterocycles. The molecule has 0 spiro atoms. The van der Waals surface area contributed by atoms with Gasteiger partial charge in [0.05, 0.1) is 6.54 Å². The second-order valence-corrected chi connectivity index (χ2v) is 8.82. The number of hydrogen-bond donors (Lipinski definition) is 2. The largest absolute Gasteiger partial charge is 0.357 e. The predicted octanol–water partition coefficient (Wildman–Crippen LogP) is 3.99. The van der Waals surface area contributed by atoms with E-state index in [9.17, 15) is 4.79 Å². The maximum absolute atomic E-state index is 12.7. The Hall–Kier alpha value is -1.35. The van der Waals surface area contributed by atoms with Gasteiger partial charge in [0.25, 0.3) is 0 Å². The van der Waals surface area contributed by atoms with E-state index in [4.69, 9.17) is 4.99 Å². The summed E-state index contributed by atoms with van der Waals surface area (Å²) < 4.78 is 0. The molecule has 0 bridgehead atoms. The van der Waals surface area contributed by atoms with E-state index < -0.39 is 0 Å². The van der Waals surface area contributed by atoms with Crippen LogP contribution in [0.2, 0.25) is 0 Å². The Morgan fingerprint density at radius 3 is 2.44 bits per heavy atom. The number of guanidine groups is 1. The van der Waals surface area contributed by atoms with Crippen LogP contribution >= 0.6 is 24.0 Å². The van der Waals surface area contributed by atoms with Gasteiger partial charge in [-0.3, -0.25) is 9.69 Å². The summed E-state index contributed by atoms with van der Waals surface area (Å²) in [6, 6.07) is 8.88. The van der Waals surface area contributed by atoms with Crippen LogP contribution in [0.4, 0.5) is 0 Å². The van der Waals surface area contributed by atoms with Crippen molar-refractivity contribution in [1.82, 2.24) is 20.4 Å². The van der Waals surface area contributed by atoms with E-state index in [-0.39, 0.29) is 35.9 Å². The highest BCUT2D eigenvalue weighted by atomic mass is 127. The van der Waals surface area contributed by atoms with E-state index in [1.807, 2.05) is 0 Å². The first kappa shape index (κ1) is 26.9. The number of benzene rings is 1. The number of amides is 1. The third-order valence-corrected chi connectivity index (χ3v) is 6.70. The molecule has 2 aliphatic rings. The van der Waals surface area contributed by atoms with Crippen LogP contribution in [0.3, 0.4) is 0 Å².